The summed E-state index contributed by atoms with van der Waals surface area (Å²) in [6.45, 7) is 1.40. The number of hydrogen-bond acceptors (Lipinski definition) is 4. The molecule has 0 bridgehead atoms. The first-order chi connectivity index (χ1) is 15.7. The summed E-state index contributed by atoms with van der Waals surface area (Å²) in [5.74, 6) is 1.91. The normalized spacial score (nSPS) is 17.2. The Morgan fingerprint density at radius 3 is 1.59 bits per heavy atom. The Morgan fingerprint density at radius 2 is 1.09 bits per heavy atom. The van der Waals surface area contributed by atoms with Crippen molar-refractivity contribution in [2.75, 3.05) is 37.1 Å². The van der Waals surface area contributed by atoms with Gasteiger partial charge in [0.25, 0.3) is 0 Å². The third-order valence-corrected chi connectivity index (χ3v) is 5.98. The van der Waals surface area contributed by atoms with Gasteiger partial charge in [0.1, 0.15) is 11.5 Å². The second-order valence-electron chi connectivity index (χ2n) is 8.32. The summed E-state index contributed by atoms with van der Waals surface area (Å²) in [6, 6.07) is 25.3. The summed E-state index contributed by atoms with van der Waals surface area (Å²) < 4.78 is 11.8. The van der Waals surface area contributed by atoms with Gasteiger partial charge in [-0.25, -0.2) is 0 Å². The quantitative estimate of drug-likeness (QED) is 0.497. The lowest BCUT2D eigenvalue weighted by Crippen LogP contribution is -2.16. The molecule has 0 saturated heterocycles. The van der Waals surface area contributed by atoms with Crippen molar-refractivity contribution in [3.05, 3.63) is 96.3 Å². The average molecular weight is 425 g/mol. The van der Waals surface area contributed by atoms with E-state index in [0.717, 1.165) is 30.0 Å². The van der Waals surface area contributed by atoms with Crippen molar-refractivity contribution in [2.45, 2.75) is 12.8 Å². The van der Waals surface area contributed by atoms with Crippen LogP contribution >= 0.6 is 0 Å². The van der Waals surface area contributed by atoms with E-state index >= 15 is 0 Å². The molecular weight excluding hydrogens is 396 g/mol. The molecule has 3 aromatic carbocycles. The molecule has 2 aliphatic rings. The fourth-order valence-corrected chi connectivity index (χ4v) is 4.24. The molecule has 162 valence electrons. The van der Waals surface area contributed by atoms with Crippen LogP contribution in [0.25, 0.3) is 11.1 Å². The van der Waals surface area contributed by atoms with E-state index in [1.54, 1.807) is 0 Å². The minimum Gasteiger partial charge on any atom is -0.493 e. The molecule has 2 aliphatic heterocycles. The Kier molecular flexibility index (Phi) is 5.59. The fourth-order valence-electron chi connectivity index (χ4n) is 4.24. The number of anilines is 2. The molecule has 32 heavy (non-hydrogen) atoms. The number of rotatable bonds is 4. The maximum absolute atomic E-state index is 5.88. The molecule has 0 N–H and O–H groups in total. The van der Waals surface area contributed by atoms with Crippen molar-refractivity contribution >= 4 is 22.5 Å². The SMILES string of the molecule is CN(C)c1ccc(N(C=C2CCOc3ccccc32)C=C2CCOc3ccccc32)cc1. The third-order valence-electron chi connectivity index (χ3n) is 5.98. The van der Waals surface area contributed by atoms with Gasteiger partial charge in [-0.05, 0) is 47.5 Å². The lowest BCUT2D eigenvalue weighted by atomic mass is 9.99. The smallest absolute Gasteiger partial charge is 0.126 e. The molecule has 0 saturated carbocycles. The van der Waals surface area contributed by atoms with Gasteiger partial charge < -0.3 is 19.3 Å². The minimum absolute atomic E-state index is 0.698. The molecule has 4 heteroatoms. The van der Waals surface area contributed by atoms with E-state index in [0.29, 0.717) is 13.2 Å². The second-order valence-corrected chi connectivity index (χ2v) is 8.32. The summed E-state index contributed by atoms with van der Waals surface area (Å²) in [5, 5.41) is 0. The van der Waals surface area contributed by atoms with Crippen LogP contribution in [0.3, 0.4) is 0 Å². The summed E-state index contributed by atoms with van der Waals surface area (Å²) in [7, 11) is 4.13. The van der Waals surface area contributed by atoms with Gasteiger partial charge in [-0.2, -0.15) is 0 Å². The molecule has 5 rings (SSSR count). The van der Waals surface area contributed by atoms with E-state index in [1.807, 2.05) is 24.3 Å². The van der Waals surface area contributed by atoms with Crippen LogP contribution in [0.2, 0.25) is 0 Å². The van der Waals surface area contributed by atoms with E-state index in [4.69, 9.17) is 9.47 Å². The lowest BCUT2D eigenvalue weighted by molar-refractivity contribution is 0.316. The van der Waals surface area contributed by atoms with Crippen molar-refractivity contribution in [1.82, 2.24) is 0 Å². The molecule has 3 aromatic rings. The highest BCUT2D eigenvalue weighted by atomic mass is 16.5. The summed E-state index contributed by atoms with van der Waals surface area (Å²) in [4.78, 5) is 4.38. The molecule has 4 nitrogen and oxygen atoms in total. The van der Waals surface area contributed by atoms with Gasteiger partial charge in [0.2, 0.25) is 0 Å². The van der Waals surface area contributed by atoms with Gasteiger partial charge in [-0.3, -0.25) is 0 Å². The first-order valence-corrected chi connectivity index (χ1v) is 11.1. The van der Waals surface area contributed by atoms with Crippen LogP contribution in [0.15, 0.2) is 85.2 Å². The molecule has 0 radical (unpaired) electrons. The predicted molar refractivity (Wildman–Crippen MR) is 132 cm³/mol. The van der Waals surface area contributed by atoms with Gasteiger partial charge in [0.15, 0.2) is 0 Å². The van der Waals surface area contributed by atoms with Crippen LogP contribution < -0.4 is 19.3 Å². The van der Waals surface area contributed by atoms with E-state index < -0.39 is 0 Å². The molecule has 0 spiro atoms. The highest BCUT2D eigenvalue weighted by Crippen LogP contribution is 2.36. The molecule has 0 atom stereocenters. The zero-order valence-corrected chi connectivity index (χ0v) is 18.6. The molecular formula is C28H28N2O2. The van der Waals surface area contributed by atoms with Gasteiger partial charge in [-0.1, -0.05) is 36.4 Å². The molecule has 0 aromatic heterocycles. The molecule has 0 aliphatic carbocycles. The fraction of sp³-hybridized carbons (Fsp3) is 0.214. The van der Waals surface area contributed by atoms with Crippen LogP contribution in [0.4, 0.5) is 11.4 Å². The number of para-hydroxylation sites is 2. The number of fused-ring (bicyclic) bond motifs is 2. The Hall–Kier alpha value is -3.66. The maximum Gasteiger partial charge on any atom is 0.126 e. The highest BCUT2D eigenvalue weighted by Gasteiger charge is 2.18. The third kappa shape index (κ3) is 4.09. The van der Waals surface area contributed by atoms with Crippen molar-refractivity contribution in [1.29, 1.82) is 0 Å². The number of ether oxygens (including phenoxy) is 2. The monoisotopic (exact) mass is 424 g/mol. The van der Waals surface area contributed by atoms with Crippen LogP contribution in [-0.2, 0) is 0 Å². The van der Waals surface area contributed by atoms with Crippen molar-refractivity contribution in [3.8, 4) is 11.5 Å². The summed E-state index contributed by atoms with van der Waals surface area (Å²) >= 11 is 0. The van der Waals surface area contributed by atoms with Gasteiger partial charge >= 0.3 is 0 Å². The Balaban J connectivity index is 1.60. The summed E-state index contributed by atoms with van der Waals surface area (Å²) in [6.07, 6.45) is 6.28. The zero-order chi connectivity index (χ0) is 21.9. The standard InChI is InChI=1S/C28H28N2O2/c1-29(2)23-11-13-24(14-12-23)30(19-21-15-17-31-27-9-5-3-7-25(21)27)20-22-16-18-32-28-10-6-4-8-26(22)28/h3-14,19-20H,15-18H2,1-2H3. The first kappa shape index (κ1) is 20.3. The lowest BCUT2D eigenvalue weighted by Gasteiger charge is -2.26. The van der Waals surface area contributed by atoms with Crippen LogP contribution in [0.5, 0.6) is 11.5 Å². The molecule has 0 amide bonds. The van der Waals surface area contributed by atoms with Gasteiger partial charge in [0.05, 0.1) is 13.2 Å². The van der Waals surface area contributed by atoms with E-state index in [2.05, 4.69) is 84.8 Å². The van der Waals surface area contributed by atoms with Crippen LogP contribution in [0.1, 0.15) is 24.0 Å². The predicted octanol–water partition coefficient (Wildman–Crippen LogP) is 6.21. The van der Waals surface area contributed by atoms with Crippen LogP contribution in [-0.4, -0.2) is 27.3 Å². The van der Waals surface area contributed by atoms with Crippen molar-refractivity contribution < 1.29 is 9.47 Å². The van der Waals surface area contributed by atoms with Crippen molar-refractivity contribution in [3.63, 3.8) is 0 Å². The second kappa shape index (κ2) is 8.83. The van der Waals surface area contributed by atoms with E-state index in [1.165, 1.54) is 28.0 Å². The zero-order valence-electron chi connectivity index (χ0n) is 18.6. The number of benzene rings is 3. The van der Waals surface area contributed by atoms with E-state index in [-0.39, 0.29) is 0 Å². The summed E-state index contributed by atoms with van der Waals surface area (Å²) in [5.41, 5.74) is 7.20. The highest BCUT2D eigenvalue weighted by molar-refractivity contribution is 5.79. The average Bonchev–Trinajstić information content (AvgIpc) is 2.84. The Labute approximate surface area is 190 Å². The van der Waals surface area contributed by atoms with Gasteiger partial charge in [-0.15, -0.1) is 0 Å². The molecule has 2 heterocycles. The minimum atomic E-state index is 0.698. The first-order valence-electron chi connectivity index (χ1n) is 11.1. The van der Waals surface area contributed by atoms with Crippen LogP contribution in [0, 0.1) is 0 Å². The number of hydrogen-bond donors (Lipinski definition) is 0. The van der Waals surface area contributed by atoms with E-state index in [9.17, 15) is 0 Å². The Morgan fingerprint density at radius 1 is 0.625 bits per heavy atom. The van der Waals surface area contributed by atoms with Crippen molar-refractivity contribution in [2.24, 2.45) is 0 Å². The molecule has 0 unspecified atom stereocenters. The molecule has 0 fully saturated rings. The topological polar surface area (TPSA) is 24.9 Å². The maximum atomic E-state index is 5.88. The Bertz CT molecular complexity index is 1090. The largest absolute Gasteiger partial charge is 0.493 e. The van der Waals surface area contributed by atoms with Gasteiger partial charge in [0, 0.05) is 61.8 Å². The number of nitrogens with zero attached hydrogens (tertiary/aromatic N) is 2.